The number of nitrogens with zero attached hydrogens (tertiary/aromatic N) is 3. The second-order valence-electron chi connectivity index (χ2n) is 6.71. The van der Waals surface area contributed by atoms with Crippen molar-refractivity contribution in [3.63, 3.8) is 0 Å². The Labute approximate surface area is 129 Å². The fraction of sp³-hybridized carbons (Fsp3) is 1.00. The Morgan fingerprint density at radius 1 is 1.05 bits per heavy atom. The van der Waals surface area contributed by atoms with Crippen LogP contribution in [0, 0.1) is 11.8 Å². The summed E-state index contributed by atoms with van der Waals surface area (Å²) in [6, 6.07) is 0. The first-order valence-corrected chi connectivity index (χ1v) is 9.43. The van der Waals surface area contributed by atoms with E-state index < -0.39 is 10.2 Å². The van der Waals surface area contributed by atoms with E-state index in [9.17, 15) is 8.42 Å². The molecule has 1 unspecified atom stereocenters. The van der Waals surface area contributed by atoms with E-state index in [1.165, 1.54) is 0 Å². The molecule has 6 nitrogen and oxygen atoms in total. The summed E-state index contributed by atoms with van der Waals surface area (Å²) in [7, 11) is 0.864. The number of hydrogen-bond acceptors (Lipinski definition) is 4. The lowest BCUT2D eigenvalue weighted by Crippen LogP contribution is -2.51. The van der Waals surface area contributed by atoms with Gasteiger partial charge in [-0.15, -0.1) is 0 Å². The van der Waals surface area contributed by atoms with Gasteiger partial charge in [0, 0.05) is 32.7 Å². The summed E-state index contributed by atoms with van der Waals surface area (Å²) in [6.07, 6.45) is 3.91. The lowest BCUT2D eigenvalue weighted by Gasteiger charge is -2.38. The third kappa shape index (κ3) is 4.39. The molecule has 0 aliphatic carbocycles. The van der Waals surface area contributed by atoms with Gasteiger partial charge in [-0.3, -0.25) is 0 Å². The average molecular weight is 318 g/mol. The summed E-state index contributed by atoms with van der Waals surface area (Å²) < 4.78 is 28.8. The molecule has 0 spiro atoms. The van der Waals surface area contributed by atoms with Crippen LogP contribution in [-0.4, -0.2) is 75.3 Å². The second kappa shape index (κ2) is 7.37. The molecule has 2 N–H and O–H groups in total. The van der Waals surface area contributed by atoms with Crippen molar-refractivity contribution in [2.24, 2.45) is 17.6 Å². The van der Waals surface area contributed by atoms with E-state index >= 15 is 0 Å². The van der Waals surface area contributed by atoms with Gasteiger partial charge in [-0.1, -0.05) is 0 Å². The van der Waals surface area contributed by atoms with Crippen LogP contribution in [0.15, 0.2) is 0 Å². The first kappa shape index (κ1) is 17.1. The molecule has 7 heteroatoms. The van der Waals surface area contributed by atoms with E-state index in [0.29, 0.717) is 44.6 Å². The Balaban J connectivity index is 1.92. The third-order valence-corrected chi connectivity index (χ3v) is 6.67. The summed E-state index contributed by atoms with van der Waals surface area (Å²) in [4.78, 5) is 2.19. The highest BCUT2D eigenvalue weighted by atomic mass is 32.2. The lowest BCUT2D eigenvalue weighted by molar-refractivity contribution is 0.203. The van der Waals surface area contributed by atoms with Gasteiger partial charge in [0.1, 0.15) is 0 Å². The Hall–Kier alpha value is -0.210. The summed E-state index contributed by atoms with van der Waals surface area (Å²) in [5.41, 5.74) is 5.71. The van der Waals surface area contributed by atoms with Crippen LogP contribution in [0.4, 0.5) is 0 Å². The third-order valence-electron chi connectivity index (χ3n) is 4.66. The minimum absolute atomic E-state index is 0.319. The minimum Gasteiger partial charge on any atom is -0.330 e. The highest BCUT2D eigenvalue weighted by Gasteiger charge is 2.35. The first-order chi connectivity index (χ1) is 9.93. The van der Waals surface area contributed by atoms with Crippen LogP contribution < -0.4 is 5.73 Å². The van der Waals surface area contributed by atoms with Crippen LogP contribution in [0.1, 0.15) is 25.7 Å². The molecule has 1 atom stereocenters. The van der Waals surface area contributed by atoms with E-state index in [0.717, 1.165) is 32.2 Å². The molecular formula is C14H30N4O2S. The topological polar surface area (TPSA) is 69.9 Å². The van der Waals surface area contributed by atoms with Crippen LogP contribution in [-0.2, 0) is 10.2 Å². The molecule has 2 saturated heterocycles. The van der Waals surface area contributed by atoms with Gasteiger partial charge in [-0.2, -0.15) is 17.0 Å². The number of piperidine rings is 2. The largest absolute Gasteiger partial charge is 0.330 e. The predicted octanol–water partition coefficient (Wildman–Crippen LogP) is 0.176. The molecule has 2 aliphatic heterocycles. The lowest BCUT2D eigenvalue weighted by atomic mass is 9.98. The maximum absolute atomic E-state index is 12.7. The van der Waals surface area contributed by atoms with Gasteiger partial charge in [-0.25, -0.2) is 0 Å². The fourth-order valence-electron chi connectivity index (χ4n) is 3.43. The molecule has 2 fully saturated rings. The summed E-state index contributed by atoms with van der Waals surface area (Å²) in [5, 5.41) is 0. The quantitative estimate of drug-likeness (QED) is 0.785. The summed E-state index contributed by atoms with van der Waals surface area (Å²) >= 11 is 0. The van der Waals surface area contributed by atoms with E-state index in [4.69, 9.17) is 5.73 Å². The van der Waals surface area contributed by atoms with Gasteiger partial charge < -0.3 is 10.6 Å². The molecular weight excluding hydrogens is 288 g/mol. The average Bonchev–Trinajstić information content (AvgIpc) is 2.47. The Morgan fingerprint density at radius 2 is 1.71 bits per heavy atom. The Bertz CT molecular complexity index is 419. The van der Waals surface area contributed by atoms with E-state index in [2.05, 4.69) is 19.0 Å². The van der Waals surface area contributed by atoms with Crippen molar-refractivity contribution in [1.29, 1.82) is 0 Å². The molecule has 0 saturated carbocycles. The maximum atomic E-state index is 12.7. The van der Waals surface area contributed by atoms with Crippen molar-refractivity contribution < 1.29 is 8.42 Å². The molecule has 0 aromatic carbocycles. The van der Waals surface area contributed by atoms with E-state index in [-0.39, 0.29) is 0 Å². The predicted molar refractivity (Wildman–Crippen MR) is 85.1 cm³/mol. The highest BCUT2D eigenvalue weighted by Crippen LogP contribution is 2.25. The normalized spacial score (nSPS) is 27.3. The van der Waals surface area contributed by atoms with Crippen LogP contribution in [0.3, 0.4) is 0 Å². The zero-order valence-corrected chi connectivity index (χ0v) is 14.2. The zero-order chi connectivity index (χ0) is 15.5. The Morgan fingerprint density at radius 3 is 2.29 bits per heavy atom. The van der Waals surface area contributed by atoms with Gasteiger partial charge >= 0.3 is 0 Å². The van der Waals surface area contributed by atoms with E-state index in [1.807, 2.05) is 0 Å². The van der Waals surface area contributed by atoms with Crippen LogP contribution in [0.25, 0.3) is 0 Å². The van der Waals surface area contributed by atoms with Crippen LogP contribution in [0.2, 0.25) is 0 Å². The van der Waals surface area contributed by atoms with Crippen molar-refractivity contribution in [1.82, 2.24) is 13.5 Å². The molecule has 0 amide bonds. The fourth-order valence-corrected chi connectivity index (χ4v) is 5.19. The van der Waals surface area contributed by atoms with Crippen molar-refractivity contribution in [3.05, 3.63) is 0 Å². The molecule has 2 aliphatic rings. The van der Waals surface area contributed by atoms with Gasteiger partial charge in [0.15, 0.2) is 0 Å². The van der Waals surface area contributed by atoms with Gasteiger partial charge in [0.2, 0.25) is 0 Å². The Kier molecular flexibility index (Phi) is 6.02. The van der Waals surface area contributed by atoms with Crippen molar-refractivity contribution in [2.45, 2.75) is 25.7 Å². The van der Waals surface area contributed by atoms with E-state index in [1.54, 1.807) is 8.61 Å². The van der Waals surface area contributed by atoms with Gasteiger partial charge in [0.25, 0.3) is 10.2 Å². The summed E-state index contributed by atoms with van der Waals surface area (Å²) in [6.45, 7) is 4.19. The number of nitrogens with two attached hydrogens (primary N) is 1. The van der Waals surface area contributed by atoms with Crippen LogP contribution >= 0.6 is 0 Å². The second-order valence-corrected chi connectivity index (χ2v) is 8.64. The first-order valence-electron chi connectivity index (χ1n) is 8.03. The highest BCUT2D eigenvalue weighted by molar-refractivity contribution is 7.86. The minimum atomic E-state index is -3.28. The molecule has 21 heavy (non-hydrogen) atoms. The van der Waals surface area contributed by atoms with Crippen molar-refractivity contribution in [2.75, 3.05) is 53.4 Å². The van der Waals surface area contributed by atoms with Crippen molar-refractivity contribution >= 4 is 10.2 Å². The zero-order valence-electron chi connectivity index (χ0n) is 13.4. The molecule has 2 rings (SSSR count). The van der Waals surface area contributed by atoms with Crippen molar-refractivity contribution in [3.8, 4) is 0 Å². The monoisotopic (exact) mass is 318 g/mol. The number of hydrogen-bond donors (Lipinski definition) is 1. The maximum Gasteiger partial charge on any atom is 0.281 e. The summed E-state index contributed by atoms with van der Waals surface area (Å²) in [5.74, 6) is 0.935. The molecule has 0 aromatic heterocycles. The van der Waals surface area contributed by atoms with Gasteiger partial charge in [0.05, 0.1) is 0 Å². The molecule has 2 heterocycles. The van der Waals surface area contributed by atoms with Gasteiger partial charge in [-0.05, 0) is 58.2 Å². The smallest absolute Gasteiger partial charge is 0.281 e. The van der Waals surface area contributed by atoms with Crippen LogP contribution in [0.5, 0.6) is 0 Å². The molecule has 124 valence electrons. The number of rotatable bonds is 5. The molecule has 0 bridgehead atoms. The molecule has 0 aromatic rings. The standard InChI is InChI=1S/C14H30N4O2S/c1-16(2)11-13-5-8-17(9-6-13)21(19,20)18-7-3-4-14(10-15)12-18/h13-14H,3-12,15H2,1-2H3. The SMILES string of the molecule is CN(C)CC1CCN(S(=O)(=O)N2CCCC(CN)C2)CC1. The molecule has 0 radical (unpaired) electrons.